The number of esters is 1. The van der Waals surface area contributed by atoms with Crippen LogP contribution in [0.15, 0.2) is 41.3 Å². The van der Waals surface area contributed by atoms with Crippen LogP contribution in [0.4, 0.5) is 0 Å². The van der Waals surface area contributed by atoms with E-state index in [2.05, 4.69) is 0 Å². The lowest BCUT2D eigenvalue weighted by atomic mass is 9.97. The Morgan fingerprint density at radius 1 is 1.18 bits per heavy atom. The number of benzene rings is 1. The first kappa shape index (κ1) is 14.9. The molecular formula is C17H16ClNO3. The van der Waals surface area contributed by atoms with Gasteiger partial charge in [0.05, 0.1) is 0 Å². The van der Waals surface area contributed by atoms with Crippen LogP contribution >= 0.6 is 11.6 Å². The van der Waals surface area contributed by atoms with Gasteiger partial charge in [0.2, 0.25) is 0 Å². The Morgan fingerprint density at radius 3 is 2.64 bits per heavy atom. The summed E-state index contributed by atoms with van der Waals surface area (Å²) in [6, 6.07) is 9.31. The van der Waals surface area contributed by atoms with Gasteiger partial charge in [-0.3, -0.25) is 4.79 Å². The lowest BCUT2D eigenvalue weighted by Gasteiger charge is -2.17. The number of hydrogen-bond donors (Lipinski definition) is 0. The summed E-state index contributed by atoms with van der Waals surface area (Å²) in [7, 11) is 0. The summed E-state index contributed by atoms with van der Waals surface area (Å²) in [5.41, 5.74) is 0.718. The van der Waals surface area contributed by atoms with Crippen LogP contribution < -0.4 is 5.56 Å². The van der Waals surface area contributed by atoms with Gasteiger partial charge in [0.1, 0.15) is 11.2 Å². The van der Waals surface area contributed by atoms with Crippen LogP contribution in [0, 0.1) is 0 Å². The standard InChI is InChI=1S/C17H16ClNO3/c1-17(2)12-8-10-19(15(20)14(12)16(21)22-17)9-7-11-5-3-4-6-13(11)18/h3-6,8,10H,7,9H2,1-2H3. The van der Waals surface area contributed by atoms with Gasteiger partial charge in [-0.15, -0.1) is 0 Å². The summed E-state index contributed by atoms with van der Waals surface area (Å²) < 4.78 is 6.80. The summed E-state index contributed by atoms with van der Waals surface area (Å²) in [6.07, 6.45) is 2.33. The molecule has 0 N–H and O–H groups in total. The number of aromatic nitrogens is 1. The normalized spacial score (nSPS) is 15.5. The largest absolute Gasteiger partial charge is 0.451 e. The highest BCUT2D eigenvalue weighted by molar-refractivity contribution is 6.31. The van der Waals surface area contributed by atoms with Gasteiger partial charge in [0.25, 0.3) is 5.56 Å². The molecule has 0 atom stereocenters. The molecule has 1 aliphatic heterocycles. The Hall–Kier alpha value is -2.07. The lowest BCUT2D eigenvalue weighted by Crippen LogP contribution is -2.26. The molecule has 0 radical (unpaired) electrons. The van der Waals surface area contributed by atoms with E-state index in [1.54, 1.807) is 26.1 Å². The first-order valence-corrected chi connectivity index (χ1v) is 7.48. The number of pyridine rings is 1. The maximum absolute atomic E-state index is 12.5. The molecule has 0 bridgehead atoms. The highest BCUT2D eigenvalue weighted by Gasteiger charge is 2.40. The summed E-state index contributed by atoms with van der Waals surface area (Å²) in [5, 5.41) is 0.678. The van der Waals surface area contributed by atoms with Gasteiger partial charge in [-0.1, -0.05) is 29.8 Å². The molecule has 0 amide bonds. The third-order valence-electron chi connectivity index (χ3n) is 3.95. The Balaban J connectivity index is 1.92. The molecule has 1 aromatic heterocycles. The maximum atomic E-state index is 12.5. The van der Waals surface area contributed by atoms with E-state index in [1.807, 2.05) is 24.3 Å². The van der Waals surface area contributed by atoms with E-state index < -0.39 is 11.6 Å². The number of hydrogen-bond acceptors (Lipinski definition) is 3. The molecular weight excluding hydrogens is 302 g/mol. The molecule has 1 aliphatic rings. The molecule has 0 unspecified atom stereocenters. The van der Waals surface area contributed by atoms with Crippen LogP contribution in [0.5, 0.6) is 0 Å². The van der Waals surface area contributed by atoms with E-state index in [9.17, 15) is 9.59 Å². The fourth-order valence-corrected chi connectivity index (χ4v) is 2.96. The van der Waals surface area contributed by atoms with Crippen LogP contribution in [0.1, 0.15) is 35.3 Å². The average Bonchev–Trinajstić information content (AvgIpc) is 2.70. The second kappa shape index (κ2) is 5.29. The molecule has 0 aliphatic carbocycles. The van der Waals surface area contributed by atoms with E-state index >= 15 is 0 Å². The molecule has 2 aromatic rings. The SMILES string of the molecule is CC1(C)OC(=O)c2c1ccn(CCc1ccccc1Cl)c2=O. The minimum absolute atomic E-state index is 0.145. The number of carbonyl (C=O) groups is 1. The van der Waals surface area contributed by atoms with Crippen LogP contribution in [0.3, 0.4) is 0 Å². The highest BCUT2D eigenvalue weighted by atomic mass is 35.5. The molecule has 5 heteroatoms. The number of aryl methyl sites for hydroxylation is 2. The average molecular weight is 318 g/mol. The monoisotopic (exact) mass is 317 g/mol. The van der Waals surface area contributed by atoms with Crippen molar-refractivity contribution in [3.63, 3.8) is 0 Å². The number of ether oxygens (including phenoxy) is 1. The van der Waals surface area contributed by atoms with Gasteiger partial charge in [0.15, 0.2) is 0 Å². The molecule has 0 fully saturated rings. The van der Waals surface area contributed by atoms with Gasteiger partial charge in [-0.2, -0.15) is 0 Å². The van der Waals surface area contributed by atoms with Crippen molar-refractivity contribution in [3.8, 4) is 0 Å². The van der Waals surface area contributed by atoms with E-state index in [4.69, 9.17) is 16.3 Å². The van der Waals surface area contributed by atoms with Crippen LogP contribution in [-0.4, -0.2) is 10.5 Å². The van der Waals surface area contributed by atoms with Crippen molar-refractivity contribution in [1.82, 2.24) is 4.57 Å². The first-order valence-electron chi connectivity index (χ1n) is 7.11. The van der Waals surface area contributed by atoms with E-state index in [1.165, 1.54) is 4.57 Å². The summed E-state index contributed by atoms with van der Waals surface area (Å²) >= 11 is 6.12. The quantitative estimate of drug-likeness (QED) is 0.817. The maximum Gasteiger partial charge on any atom is 0.345 e. The molecule has 3 rings (SSSR count). The van der Waals surface area contributed by atoms with Crippen molar-refractivity contribution in [2.45, 2.75) is 32.4 Å². The molecule has 0 saturated carbocycles. The van der Waals surface area contributed by atoms with E-state index in [0.29, 0.717) is 23.6 Å². The topological polar surface area (TPSA) is 48.3 Å². The first-order chi connectivity index (χ1) is 10.4. The molecule has 1 aromatic carbocycles. The Morgan fingerprint density at radius 2 is 1.91 bits per heavy atom. The van der Waals surface area contributed by atoms with Gasteiger partial charge in [0, 0.05) is 23.3 Å². The number of nitrogens with zero attached hydrogens (tertiary/aromatic N) is 1. The third-order valence-corrected chi connectivity index (χ3v) is 4.31. The summed E-state index contributed by atoms with van der Waals surface area (Å²) in [4.78, 5) is 24.4. The van der Waals surface area contributed by atoms with Crippen molar-refractivity contribution in [3.05, 3.63) is 68.6 Å². The highest BCUT2D eigenvalue weighted by Crippen LogP contribution is 2.33. The fourth-order valence-electron chi connectivity index (χ4n) is 2.73. The predicted octanol–water partition coefficient (Wildman–Crippen LogP) is 3.15. The van der Waals surface area contributed by atoms with Crippen LogP contribution in [0.25, 0.3) is 0 Å². The molecule has 2 heterocycles. The third kappa shape index (κ3) is 2.44. The van der Waals surface area contributed by atoms with Crippen molar-refractivity contribution >= 4 is 17.6 Å². The second-order valence-corrected chi connectivity index (χ2v) is 6.25. The summed E-state index contributed by atoms with van der Waals surface area (Å²) in [6.45, 7) is 4.03. The fraction of sp³-hybridized carbons (Fsp3) is 0.294. The summed E-state index contributed by atoms with van der Waals surface area (Å²) in [5.74, 6) is -0.544. The number of carbonyl (C=O) groups excluding carboxylic acids is 1. The number of cyclic esters (lactones) is 1. The predicted molar refractivity (Wildman–Crippen MR) is 84.3 cm³/mol. The Bertz CT molecular complexity index is 808. The smallest absolute Gasteiger partial charge is 0.345 e. The lowest BCUT2D eigenvalue weighted by molar-refractivity contribution is 0.00949. The minimum Gasteiger partial charge on any atom is -0.451 e. The molecule has 0 spiro atoms. The van der Waals surface area contributed by atoms with E-state index in [0.717, 1.165) is 5.56 Å². The van der Waals surface area contributed by atoms with Crippen molar-refractivity contribution in [2.24, 2.45) is 0 Å². The zero-order valence-electron chi connectivity index (χ0n) is 12.4. The van der Waals surface area contributed by atoms with Gasteiger partial charge >= 0.3 is 5.97 Å². The minimum atomic E-state index is -0.743. The van der Waals surface area contributed by atoms with Crippen LogP contribution in [0.2, 0.25) is 5.02 Å². The zero-order chi connectivity index (χ0) is 15.9. The zero-order valence-corrected chi connectivity index (χ0v) is 13.2. The number of rotatable bonds is 3. The van der Waals surface area contributed by atoms with Crippen molar-refractivity contribution in [1.29, 1.82) is 0 Å². The van der Waals surface area contributed by atoms with Crippen molar-refractivity contribution < 1.29 is 9.53 Å². The van der Waals surface area contributed by atoms with Crippen LogP contribution in [-0.2, 0) is 23.3 Å². The molecule has 114 valence electrons. The van der Waals surface area contributed by atoms with Gasteiger partial charge in [-0.25, -0.2) is 4.79 Å². The second-order valence-electron chi connectivity index (χ2n) is 5.84. The number of fused-ring (bicyclic) bond motifs is 1. The molecule has 0 saturated heterocycles. The van der Waals surface area contributed by atoms with Gasteiger partial charge in [-0.05, 0) is 38.0 Å². The Labute approximate surface area is 133 Å². The van der Waals surface area contributed by atoms with Gasteiger partial charge < -0.3 is 9.30 Å². The Kier molecular flexibility index (Phi) is 3.57. The number of halogens is 1. The molecule has 22 heavy (non-hydrogen) atoms. The van der Waals surface area contributed by atoms with Crippen molar-refractivity contribution in [2.75, 3.05) is 0 Å². The molecule has 4 nitrogen and oxygen atoms in total. The van der Waals surface area contributed by atoms with E-state index in [-0.39, 0.29) is 11.1 Å².